The Labute approximate surface area is 120 Å². The van der Waals surface area contributed by atoms with Crippen LogP contribution in [0.15, 0.2) is 11.0 Å². The molecule has 8 heteroatoms. The molecule has 2 saturated heterocycles. The molecule has 4 atom stereocenters. The third-order valence-corrected chi connectivity index (χ3v) is 3.76. The maximum absolute atomic E-state index is 12.0. The van der Waals surface area contributed by atoms with Crippen LogP contribution in [0.4, 0.5) is 5.82 Å². The molecule has 3 heterocycles. The molecular weight excluding hydrogens is 286 g/mol. The largest absolute Gasteiger partial charge is 0.382 e. The molecular formula is C12H16ClN3O4. The van der Waals surface area contributed by atoms with E-state index in [1.165, 1.54) is 10.8 Å². The van der Waals surface area contributed by atoms with Gasteiger partial charge in [0.1, 0.15) is 18.0 Å². The van der Waals surface area contributed by atoms with Gasteiger partial charge in [-0.1, -0.05) is 11.6 Å². The molecule has 0 radical (unpaired) electrons. The van der Waals surface area contributed by atoms with Gasteiger partial charge in [-0.15, -0.1) is 0 Å². The van der Waals surface area contributed by atoms with Gasteiger partial charge >= 0.3 is 5.69 Å². The number of rotatable bonds is 1. The van der Waals surface area contributed by atoms with Crippen LogP contribution in [-0.4, -0.2) is 33.7 Å². The summed E-state index contributed by atoms with van der Waals surface area (Å²) in [5, 5.41) is 0.197. The summed E-state index contributed by atoms with van der Waals surface area (Å²) in [6.45, 7) is 5.53. The molecule has 3 rings (SSSR count). The lowest BCUT2D eigenvalue weighted by atomic mass is 10.1. The molecule has 2 aliphatic rings. The van der Waals surface area contributed by atoms with E-state index < -0.39 is 17.7 Å². The maximum Gasteiger partial charge on any atom is 0.351 e. The van der Waals surface area contributed by atoms with E-state index in [1.54, 1.807) is 0 Å². The number of nitrogen functional groups attached to an aromatic ring is 1. The van der Waals surface area contributed by atoms with Crippen molar-refractivity contribution in [2.75, 3.05) is 5.73 Å². The van der Waals surface area contributed by atoms with E-state index in [0.717, 1.165) is 0 Å². The minimum absolute atomic E-state index is 0.000526. The Morgan fingerprint density at radius 3 is 2.75 bits per heavy atom. The highest BCUT2D eigenvalue weighted by molar-refractivity contribution is 6.32. The zero-order chi connectivity index (χ0) is 14.7. The molecule has 7 nitrogen and oxygen atoms in total. The van der Waals surface area contributed by atoms with Gasteiger partial charge in [-0.2, -0.15) is 4.98 Å². The third kappa shape index (κ3) is 2.10. The van der Waals surface area contributed by atoms with Gasteiger partial charge in [0.15, 0.2) is 12.0 Å². The zero-order valence-electron chi connectivity index (χ0n) is 11.4. The number of nitrogens with two attached hydrogens (primary N) is 1. The second-order valence-electron chi connectivity index (χ2n) is 5.46. The smallest absolute Gasteiger partial charge is 0.351 e. The quantitative estimate of drug-likeness (QED) is 0.829. The number of ether oxygens (including phenoxy) is 3. The van der Waals surface area contributed by atoms with Crippen molar-refractivity contribution in [2.24, 2.45) is 0 Å². The maximum atomic E-state index is 12.0. The van der Waals surface area contributed by atoms with Crippen LogP contribution in [0.3, 0.4) is 0 Å². The molecule has 110 valence electrons. The first-order valence-corrected chi connectivity index (χ1v) is 6.71. The fourth-order valence-electron chi connectivity index (χ4n) is 2.64. The van der Waals surface area contributed by atoms with E-state index in [2.05, 4.69) is 4.98 Å². The minimum Gasteiger partial charge on any atom is -0.382 e. The van der Waals surface area contributed by atoms with Gasteiger partial charge < -0.3 is 19.9 Å². The summed E-state index contributed by atoms with van der Waals surface area (Å²) < 4.78 is 18.7. The lowest BCUT2D eigenvalue weighted by Gasteiger charge is -2.24. The van der Waals surface area contributed by atoms with E-state index in [1.807, 2.05) is 20.8 Å². The Balaban J connectivity index is 1.99. The topological polar surface area (TPSA) is 88.6 Å². The molecule has 0 saturated carbocycles. The summed E-state index contributed by atoms with van der Waals surface area (Å²) >= 11 is 5.92. The van der Waals surface area contributed by atoms with Crippen LogP contribution in [0.5, 0.6) is 0 Å². The third-order valence-electron chi connectivity index (χ3n) is 3.47. The molecule has 1 aromatic heterocycles. The van der Waals surface area contributed by atoms with Gasteiger partial charge in [0.25, 0.3) is 0 Å². The van der Waals surface area contributed by atoms with Gasteiger partial charge in [-0.05, 0) is 20.8 Å². The Morgan fingerprint density at radius 1 is 1.40 bits per heavy atom. The summed E-state index contributed by atoms with van der Waals surface area (Å²) in [6.07, 6.45) is -0.0389. The molecule has 1 unspecified atom stereocenters. The molecule has 0 aliphatic carbocycles. The fourth-order valence-corrected chi connectivity index (χ4v) is 2.79. The van der Waals surface area contributed by atoms with Gasteiger partial charge in [-0.25, -0.2) is 4.79 Å². The first-order chi connectivity index (χ1) is 9.28. The van der Waals surface area contributed by atoms with Crippen molar-refractivity contribution in [3.05, 3.63) is 21.7 Å². The molecule has 2 N–H and O–H groups in total. The summed E-state index contributed by atoms with van der Waals surface area (Å²) in [5.41, 5.74) is 4.98. The minimum atomic E-state index is -0.708. The van der Waals surface area contributed by atoms with Crippen molar-refractivity contribution in [2.45, 2.75) is 51.1 Å². The summed E-state index contributed by atoms with van der Waals surface area (Å²) in [7, 11) is 0. The van der Waals surface area contributed by atoms with Crippen molar-refractivity contribution in [3.8, 4) is 0 Å². The average molecular weight is 302 g/mol. The van der Waals surface area contributed by atoms with Crippen molar-refractivity contribution in [1.82, 2.24) is 9.55 Å². The number of hydrogen-bond acceptors (Lipinski definition) is 6. The second kappa shape index (κ2) is 4.42. The Kier molecular flexibility index (Phi) is 3.06. The number of anilines is 1. The normalized spacial score (nSPS) is 35.2. The van der Waals surface area contributed by atoms with Crippen LogP contribution < -0.4 is 11.4 Å². The molecule has 2 aliphatic heterocycles. The van der Waals surface area contributed by atoms with Crippen LogP contribution in [0.1, 0.15) is 27.0 Å². The highest BCUT2D eigenvalue weighted by Crippen LogP contribution is 2.42. The van der Waals surface area contributed by atoms with E-state index in [4.69, 9.17) is 31.5 Å². The van der Waals surface area contributed by atoms with Crippen LogP contribution in [-0.2, 0) is 14.2 Å². The molecule has 1 aromatic rings. The van der Waals surface area contributed by atoms with Crippen LogP contribution in [0.25, 0.3) is 0 Å². The Morgan fingerprint density at radius 2 is 2.05 bits per heavy atom. The van der Waals surface area contributed by atoms with Crippen LogP contribution >= 0.6 is 11.6 Å². The van der Waals surface area contributed by atoms with Crippen LogP contribution in [0.2, 0.25) is 5.02 Å². The number of hydrogen-bond donors (Lipinski definition) is 1. The second-order valence-corrected chi connectivity index (χ2v) is 5.87. The Bertz CT molecular complexity index is 603. The van der Waals surface area contributed by atoms with Crippen LogP contribution in [0, 0.1) is 0 Å². The average Bonchev–Trinajstić information content (AvgIpc) is 2.80. The van der Waals surface area contributed by atoms with Gasteiger partial charge in [-0.3, -0.25) is 4.57 Å². The van der Waals surface area contributed by atoms with E-state index in [0.29, 0.717) is 0 Å². The van der Waals surface area contributed by atoms with Gasteiger partial charge in [0, 0.05) is 6.20 Å². The fraction of sp³-hybridized carbons (Fsp3) is 0.667. The highest BCUT2D eigenvalue weighted by Gasteiger charge is 2.54. The Hall–Kier alpha value is -1.15. The summed E-state index contributed by atoms with van der Waals surface area (Å²) in [5.74, 6) is -0.709. The first kappa shape index (κ1) is 13.8. The predicted octanol–water partition coefficient (Wildman–Crippen LogP) is 0.916. The number of fused-ring (bicyclic) bond motifs is 1. The monoisotopic (exact) mass is 301 g/mol. The molecule has 0 bridgehead atoms. The summed E-state index contributed by atoms with van der Waals surface area (Å²) in [4.78, 5) is 15.6. The van der Waals surface area contributed by atoms with Crippen molar-refractivity contribution in [3.63, 3.8) is 0 Å². The number of halogens is 1. The van der Waals surface area contributed by atoms with E-state index >= 15 is 0 Å². The SMILES string of the molecule is C[C@H]1O[C@@H](n2cc(Cl)c(N)nc2=O)[C@H]2OC(C)(C)OC12. The van der Waals surface area contributed by atoms with E-state index in [-0.39, 0.29) is 29.2 Å². The number of nitrogens with zero attached hydrogens (tertiary/aromatic N) is 2. The van der Waals surface area contributed by atoms with E-state index in [9.17, 15) is 4.79 Å². The first-order valence-electron chi connectivity index (χ1n) is 6.34. The molecule has 0 aromatic carbocycles. The van der Waals surface area contributed by atoms with Crippen molar-refractivity contribution >= 4 is 17.4 Å². The number of aromatic nitrogens is 2. The van der Waals surface area contributed by atoms with Gasteiger partial charge in [0.05, 0.1) is 11.1 Å². The predicted molar refractivity (Wildman–Crippen MR) is 71.3 cm³/mol. The molecule has 2 fully saturated rings. The molecule has 0 spiro atoms. The zero-order valence-corrected chi connectivity index (χ0v) is 12.1. The highest BCUT2D eigenvalue weighted by atomic mass is 35.5. The van der Waals surface area contributed by atoms with Gasteiger partial charge in [0.2, 0.25) is 0 Å². The lowest BCUT2D eigenvalue weighted by Crippen LogP contribution is -2.35. The molecule has 20 heavy (non-hydrogen) atoms. The van der Waals surface area contributed by atoms with Crippen molar-refractivity contribution < 1.29 is 14.2 Å². The lowest BCUT2D eigenvalue weighted by molar-refractivity contribution is -0.195. The van der Waals surface area contributed by atoms with Crippen molar-refractivity contribution in [1.29, 1.82) is 0 Å². The standard InChI is InChI=1S/C12H16ClN3O4/c1-5-7-8(20-12(2,3)19-7)10(18-5)16-4-6(13)9(14)15-11(16)17/h4-5,7-8,10H,1-3H3,(H2,14,15,17)/t5-,7?,8+,10-/m1/s1. The summed E-state index contributed by atoms with van der Waals surface area (Å²) in [6, 6.07) is 0. The molecule has 0 amide bonds.